The van der Waals surface area contributed by atoms with E-state index in [0.717, 1.165) is 51.8 Å². The van der Waals surface area contributed by atoms with Gasteiger partial charge in [-0.1, -0.05) is 25.3 Å². The summed E-state index contributed by atoms with van der Waals surface area (Å²) < 4.78 is 40.4. The summed E-state index contributed by atoms with van der Waals surface area (Å²) in [6.45, 7) is 6.84. The Morgan fingerprint density at radius 2 is 1.87 bits per heavy atom. The van der Waals surface area contributed by atoms with Crippen molar-refractivity contribution in [3.63, 3.8) is 0 Å². The fourth-order valence-corrected chi connectivity index (χ4v) is 5.16. The van der Waals surface area contributed by atoms with Gasteiger partial charge in [0.1, 0.15) is 5.76 Å². The maximum absolute atomic E-state index is 12.5. The van der Waals surface area contributed by atoms with Crippen LogP contribution in [0.2, 0.25) is 0 Å². The Hall–Kier alpha value is -1.19. The van der Waals surface area contributed by atoms with E-state index in [0.29, 0.717) is 5.76 Å². The summed E-state index contributed by atoms with van der Waals surface area (Å²) >= 11 is 0. The van der Waals surface area contributed by atoms with Crippen LogP contribution < -0.4 is 4.72 Å². The smallest absolute Gasteiger partial charge is 0.279 e. The Bertz CT molecular complexity index is 700. The molecule has 1 aromatic heterocycles. The standard InChI is InChI=1S/C23H41N3O4S/c1-4-16-25(2)17-8-6-5-7-9-18-29-22-14-12-21(13-15-22)26(3)31(27,28)24-20-23-11-10-19-30-23/h4,10-11,19,21-22,24H,1,5-9,12-18,20H2,2-3H3. The Balaban J connectivity index is 1.53. The average molecular weight is 456 g/mol. The highest BCUT2D eigenvalue weighted by Gasteiger charge is 2.30. The van der Waals surface area contributed by atoms with Crippen molar-refractivity contribution < 1.29 is 17.6 Å². The molecule has 0 saturated heterocycles. The van der Waals surface area contributed by atoms with Gasteiger partial charge >= 0.3 is 0 Å². The molecule has 0 atom stereocenters. The zero-order chi connectivity index (χ0) is 22.5. The first-order chi connectivity index (χ1) is 14.9. The summed E-state index contributed by atoms with van der Waals surface area (Å²) in [5.74, 6) is 0.606. The lowest BCUT2D eigenvalue weighted by atomic mass is 9.93. The fraction of sp³-hybridized carbons (Fsp3) is 0.739. The molecule has 1 saturated carbocycles. The monoisotopic (exact) mass is 455 g/mol. The van der Waals surface area contributed by atoms with Gasteiger partial charge in [0.05, 0.1) is 18.9 Å². The van der Waals surface area contributed by atoms with Crippen molar-refractivity contribution in [3.8, 4) is 0 Å². The molecule has 0 unspecified atom stereocenters. The van der Waals surface area contributed by atoms with Gasteiger partial charge in [-0.2, -0.15) is 17.4 Å². The molecular formula is C23H41N3O4S. The number of ether oxygens (including phenoxy) is 1. The summed E-state index contributed by atoms with van der Waals surface area (Å²) in [5.41, 5.74) is 0. The summed E-state index contributed by atoms with van der Waals surface area (Å²) in [6.07, 6.45) is 13.3. The lowest BCUT2D eigenvalue weighted by molar-refractivity contribution is 0.0155. The van der Waals surface area contributed by atoms with Gasteiger partial charge in [0.2, 0.25) is 0 Å². The number of hydrogen-bond donors (Lipinski definition) is 1. The molecule has 1 aliphatic rings. The van der Waals surface area contributed by atoms with Crippen molar-refractivity contribution in [2.75, 3.05) is 33.8 Å². The van der Waals surface area contributed by atoms with Crippen molar-refractivity contribution in [1.82, 2.24) is 13.9 Å². The first-order valence-corrected chi connectivity index (χ1v) is 13.0. The predicted molar refractivity (Wildman–Crippen MR) is 125 cm³/mol. The minimum absolute atomic E-state index is 0.0215. The Labute approximate surface area is 189 Å². The van der Waals surface area contributed by atoms with Crippen LogP contribution in [0.4, 0.5) is 0 Å². The summed E-state index contributed by atoms with van der Waals surface area (Å²) in [7, 11) is 0.272. The summed E-state index contributed by atoms with van der Waals surface area (Å²) in [4.78, 5) is 2.30. The van der Waals surface area contributed by atoms with Crippen LogP contribution in [0, 0.1) is 0 Å². The van der Waals surface area contributed by atoms with E-state index in [1.807, 2.05) is 6.08 Å². The van der Waals surface area contributed by atoms with E-state index in [-0.39, 0.29) is 18.7 Å². The summed E-state index contributed by atoms with van der Waals surface area (Å²) in [6, 6.07) is 3.53. The van der Waals surface area contributed by atoms with Crippen LogP contribution in [0.15, 0.2) is 35.5 Å². The van der Waals surface area contributed by atoms with Crippen molar-refractivity contribution in [1.29, 1.82) is 0 Å². The number of rotatable bonds is 16. The van der Waals surface area contributed by atoms with Crippen LogP contribution in [-0.4, -0.2) is 63.6 Å². The zero-order valence-electron chi connectivity index (χ0n) is 19.3. The second kappa shape index (κ2) is 14.1. The third-order valence-corrected chi connectivity index (χ3v) is 7.59. The van der Waals surface area contributed by atoms with E-state index in [1.54, 1.807) is 25.4 Å². The minimum Gasteiger partial charge on any atom is -0.468 e. The molecule has 7 nitrogen and oxygen atoms in total. The first-order valence-electron chi connectivity index (χ1n) is 11.6. The molecule has 2 rings (SSSR count). The highest BCUT2D eigenvalue weighted by Crippen LogP contribution is 2.26. The van der Waals surface area contributed by atoms with Crippen LogP contribution in [0.25, 0.3) is 0 Å². The van der Waals surface area contributed by atoms with E-state index in [2.05, 4.69) is 23.2 Å². The van der Waals surface area contributed by atoms with Crippen LogP contribution in [0.1, 0.15) is 63.5 Å². The molecule has 0 spiro atoms. The van der Waals surface area contributed by atoms with Gasteiger partial charge < -0.3 is 14.1 Å². The molecule has 8 heteroatoms. The van der Waals surface area contributed by atoms with E-state index in [4.69, 9.17) is 9.15 Å². The quantitative estimate of drug-likeness (QED) is 0.302. The summed E-state index contributed by atoms with van der Waals surface area (Å²) in [5, 5.41) is 0. The zero-order valence-corrected chi connectivity index (χ0v) is 20.1. The maximum atomic E-state index is 12.5. The van der Waals surface area contributed by atoms with Gasteiger partial charge in [0.25, 0.3) is 10.2 Å². The number of hydrogen-bond acceptors (Lipinski definition) is 5. The molecule has 0 amide bonds. The average Bonchev–Trinajstić information content (AvgIpc) is 3.28. The Morgan fingerprint density at radius 3 is 2.55 bits per heavy atom. The molecular weight excluding hydrogens is 414 g/mol. The van der Waals surface area contributed by atoms with E-state index in [9.17, 15) is 8.42 Å². The molecule has 0 aliphatic heterocycles. The van der Waals surface area contributed by atoms with Crippen molar-refractivity contribution in [3.05, 3.63) is 36.8 Å². The van der Waals surface area contributed by atoms with Gasteiger partial charge in [-0.05, 0) is 64.3 Å². The van der Waals surface area contributed by atoms with Gasteiger partial charge in [-0.15, -0.1) is 6.58 Å². The van der Waals surface area contributed by atoms with E-state index >= 15 is 0 Å². The SMILES string of the molecule is C=CCN(C)CCCCCCCOC1CCC(N(C)S(=O)(=O)NCc2ccco2)CC1. The van der Waals surface area contributed by atoms with Gasteiger partial charge in [-0.3, -0.25) is 0 Å². The normalized spacial score (nSPS) is 19.9. The first kappa shape index (κ1) is 26.1. The molecule has 31 heavy (non-hydrogen) atoms. The highest BCUT2D eigenvalue weighted by molar-refractivity contribution is 7.87. The molecule has 178 valence electrons. The Kier molecular flexibility index (Phi) is 11.8. The van der Waals surface area contributed by atoms with Crippen molar-refractivity contribution >= 4 is 10.2 Å². The van der Waals surface area contributed by atoms with Crippen molar-refractivity contribution in [2.24, 2.45) is 0 Å². The van der Waals surface area contributed by atoms with Crippen molar-refractivity contribution in [2.45, 2.75) is 76.5 Å². The number of nitrogens with zero attached hydrogens (tertiary/aromatic N) is 2. The Morgan fingerprint density at radius 1 is 1.16 bits per heavy atom. The third kappa shape index (κ3) is 9.87. The fourth-order valence-electron chi connectivity index (χ4n) is 4.02. The largest absolute Gasteiger partial charge is 0.468 e. The van der Waals surface area contributed by atoms with Gasteiger partial charge in [0, 0.05) is 26.2 Å². The number of furan rings is 1. The second-order valence-electron chi connectivity index (χ2n) is 8.54. The number of unbranched alkanes of at least 4 members (excludes halogenated alkanes) is 4. The number of nitrogens with one attached hydrogen (secondary N) is 1. The predicted octanol–water partition coefficient (Wildman–Crippen LogP) is 3.94. The van der Waals surface area contributed by atoms with Crippen LogP contribution >= 0.6 is 0 Å². The highest BCUT2D eigenvalue weighted by atomic mass is 32.2. The third-order valence-electron chi connectivity index (χ3n) is 6.02. The van der Waals surface area contributed by atoms with Gasteiger partial charge in [-0.25, -0.2) is 0 Å². The minimum atomic E-state index is -3.52. The maximum Gasteiger partial charge on any atom is 0.279 e. The molecule has 1 N–H and O–H groups in total. The molecule has 0 aromatic carbocycles. The topological polar surface area (TPSA) is 75.0 Å². The van der Waals surface area contributed by atoms with Crippen LogP contribution in [0.5, 0.6) is 0 Å². The molecule has 1 aromatic rings. The lowest BCUT2D eigenvalue weighted by Crippen LogP contribution is -2.45. The van der Waals surface area contributed by atoms with Crippen LogP contribution in [0.3, 0.4) is 0 Å². The molecule has 0 bridgehead atoms. The number of likely N-dealkylation sites (N-methyl/N-ethyl adjacent to an activating group) is 1. The lowest BCUT2D eigenvalue weighted by Gasteiger charge is -2.33. The molecule has 0 radical (unpaired) electrons. The van der Waals surface area contributed by atoms with Crippen LogP contribution in [-0.2, 0) is 21.5 Å². The second-order valence-corrected chi connectivity index (χ2v) is 10.4. The van der Waals surface area contributed by atoms with E-state index < -0.39 is 10.2 Å². The molecule has 1 fully saturated rings. The molecule has 1 heterocycles. The van der Waals surface area contributed by atoms with E-state index in [1.165, 1.54) is 30.0 Å². The molecule has 1 aliphatic carbocycles. The van der Waals surface area contributed by atoms with Gasteiger partial charge in [0.15, 0.2) is 0 Å².